The molecule has 1 N–H and O–H groups in total. The summed E-state index contributed by atoms with van der Waals surface area (Å²) >= 11 is 0. The Kier molecular flexibility index (Phi) is 9.70. The molecule has 4 heterocycles. The van der Waals surface area contributed by atoms with Crippen molar-refractivity contribution >= 4 is 5.97 Å². The third-order valence-electron chi connectivity index (χ3n) is 8.02. The molecule has 0 radical (unpaired) electrons. The van der Waals surface area contributed by atoms with Crippen LogP contribution in [0.25, 0.3) is 0 Å². The van der Waals surface area contributed by atoms with Crippen LogP contribution >= 0.6 is 0 Å². The second kappa shape index (κ2) is 13.4. The minimum absolute atomic E-state index is 0.0428. The first kappa shape index (κ1) is 30.3. The Labute approximate surface area is 245 Å². The second-order valence-electron chi connectivity index (χ2n) is 11.4. The SMILES string of the molecule is COC(=O)C1(F)CCCN(CC2COc3ccccc3O2)C1.OCC1(F)CCCN(CC2COc3ccccc3O2)C1. The van der Waals surface area contributed by atoms with Gasteiger partial charge in [0.1, 0.15) is 31.1 Å². The number of para-hydroxylation sites is 4. The van der Waals surface area contributed by atoms with Gasteiger partial charge in [-0.15, -0.1) is 0 Å². The summed E-state index contributed by atoms with van der Waals surface area (Å²) in [7, 11) is 1.22. The molecule has 4 atom stereocenters. The molecule has 11 heteroatoms. The Morgan fingerprint density at radius 2 is 1.36 bits per heavy atom. The molecule has 0 saturated carbocycles. The Bertz CT molecular complexity index is 1210. The third kappa shape index (κ3) is 7.43. The van der Waals surface area contributed by atoms with Crippen molar-refractivity contribution in [2.24, 2.45) is 0 Å². The molecule has 9 nitrogen and oxygen atoms in total. The van der Waals surface area contributed by atoms with E-state index in [1.165, 1.54) is 7.11 Å². The van der Waals surface area contributed by atoms with Gasteiger partial charge in [-0.25, -0.2) is 13.6 Å². The third-order valence-corrected chi connectivity index (χ3v) is 8.02. The maximum atomic E-state index is 14.6. The lowest BCUT2D eigenvalue weighted by Crippen LogP contribution is -2.53. The van der Waals surface area contributed by atoms with Crippen LogP contribution in [0.1, 0.15) is 25.7 Å². The summed E-state index contributed by atoms with van der Waals surface area (Å²) in [6, 6.07) is 15.1. The van der Waals surface area contributed by atoms with Gasteiger partial charge in [-0.1, -0.05) is 24.3 Å². The highest BCUT2D eigenvalue weighted by Gasteiger charge is 2.44. The van der Waals surface area contributed by atoms with E-state index in [9.17, 15) is 13.6 Å². The van der Waals surface area contributed by atoms with Crippen LogP contribution in [0, 0.1) is 0 Å². The number of likely N-dealkylation sites (tertiary alicyclic amines) is 2. The predicted octanol–water partition coefficient (Wildman–Crippen LogP) is 3.43. The van der Waals surface area contributed by atoms with Crippen LogP contribution in [-0.2, 0) is 9.53 Å². The minimum Gasteiger partial charge on any atom is -0.486 e. The van der Waals surface area contributed by atoms with Gasteiger partial charge in [0.15, 0.2) is 23.0 Å². The molecular formula is C31H40F2N2O7. The van der Waals surface area contributed by atoms with Crippen molar-refractivity contribution in [1.29, 1.82) is 0 Å². The summed E-state index contributed by atoms with van der Waals surface area (Å²) in [4.78, 5) is 15.5. The van der Waals surface area contributed by atoms with E-state index >= 15 is 0 Å². The number of aliphatic hydroxyl groups is 1. The Morgan fingerprint density at radius 3 is 1.88 bits per heavy atom. The summed E-state index contributed by atoms with van der Waals surface area (Å²) in [5, 5.41) is 9.15. The van der Waals surface area contributed by atoms with Crippen LogP contribution in [-0.4, -0.2) is 111 Å². The highest BCUT2D eigenvalue weighted by molar-refractivity contribution is 5.79. The van der Waals surface area contributed by atoms with Gasteiger partial charge in [-0.3, -0.25) is 9.80 Å². The first-order valence-corrected chi connectivity index (χ1v) is 14.6. The van der Waals surface area contributed by atoms with Crippen molar-refractivity contribution in [1.82, 2.24) is 9.80 Å². The smallest absolute Gasteiger partial charge is 0.344 e. The van der Waals surface area contributed by atoms with Gasteiger partial charge in [-0.2, -0.15) is 0 Å². The molecule has 0 amide bonds. The van der Waals surface area contributed by atoms with Gasteiger partial charge in [0.2, 0.25) is 5.67 Å². The van der Waals surface area contributed by atoms with Crippen LogP contribution in [0.5, 0.6) is 23.0 Å². The molecule has 42 heavy (non-hydrogen) atoms. The highest BCUT2D eigenvalue weighted by atomic mass is 19.1. The number of methoxy groups -OCH3 is 1. The van der Waals surface area contributed by atoms with E-state index in [1.807, 2.05) is 58.3 Å². The fourth-order valence-electron chi connectivity index (χ4n) is 5.95. The molecule has 6 rings (SSSR count). The summed E-state index contributed by atoms with van der Waals surface area (Å²) in [6.07, 6.45) is 1.77. The Hall–Kier alpha value is -3.15. The number of piperidine rings is 2. The number of ether oxygens (including phenoxy) is 5. The molecule has 0 aromatic heterocycles. The van der Waals surface area contributed by atoms with Crippen molar-refractivity contribution in [3.63, 3.8) is 0 Å². The number of fused-ring (bicyclic) bond motifs is 2. The molecule has 4 aliphatic heterocycles. The molecular weight excluding hydrogens is 550 g/mol. The molecule has 230 valence electrons. The van der Waals surface area contributed by atoms with Crippen molar-refractivity contribution in [2.75, 3.05) is 66.2 Å². The lowest BCUT2D eigenvalue weighted by atomic mass is 9.94. The topological polar surface area (TPSA) is 89.9 Å². The molecule has 2 aromatic carbocycles. The molecule has 0 spiro atoms. The number of hydrogen-bond donors (Lipinski definition) is 1. The standard InChI is InChI=1S/C16H20FNO4.C15H20FNO3/c1-20-15(19)16(17)7-4-8-18(11-16)9-12-10-21-13-5-2-3-6-14(13)22-12;16-15(11-18)6-3-7-17(10-15)8-12-9-19-13-4-1-2-5-14(13)20-12/h2-3,5-6,12H,4,7-11H2,1H3;1-2,4-5,12,18H,3,6-11H2. The van der Waals surface area contributed by atoms with Crippen LogP contribution in [0.2, 0.25) is 0 Å². The highest BCUT2D eigenvalue weighted by Crippen LogP contribution is 2.33. The lowest BCUT2D eigenvalue weighted by molar-refractivity contribution is -0.159. The number of rotatable bonds is 6. The van der Waals surface area contributed by atoms with Crippen LogP contribution in [0.3, 0.4) is 0 Å². The number of alkyl halides is 2. The fourth-order valence-corrected chi connectivity index (χ4v) is 5.95. The lowest BCUT2D eigenvalue weighted by Gasteiger charge is -2.38. The number of aliphatic hydroxyl groups excluding tert-OH is 1. The van der Waals surface area contributed by atoms with Gasteiger partial charge in [0, 0.05) is 26.2 Å². The van der Waals surface area contributed by atoms with E-state index in [-0.39, 0.29) is 31.7 Å². The zero-order valence-electron chi connectivity index (χ0n) is 24.0. The summed E-state index contributed by atoms with van der Waals surface area (Å²) < 4.78 is 56.5. The van der Waals surface area contributed by atoms with Crippen molar-refractivity contribution in [2.45, 2.75) is 49.2 Å². The molecule has 4 unspecified atom stereocenters. The monoisotopic (exact) mass is 590 g/mol. The Morgan fingerprint density at radius 1 is 0.857 bits per heavy atom. The van der Waals surface area contributed by atoms with E-state index in [4.69, 9.17) is 24.1 Å². The van der Waals surface area contributed by atoms with E-state index in [1.54, 1.807) is 0 Å². The molecule has 0 aliphatic carbocycles. The average Bonchev–Trinajstić information content (AvgIpc) is 3.01. The van der Waals surface area contributed by atoms with Crippen LogP contribution in [0.4, 0.5) is 8.78 Å². The maximum Gasteiger partial charge on any atom is 0.344 e. The van der Waals surface area contributed by atoms with E-state index < -0.39 is 23.9 Å². The van der Waals surface area contributed by atoms with E-state index in [0.29, 0.717) is 44.9 Å². The molecule has 2 aromatic rings. The quantitative estimate of drug-likeness (QED) is 0.509. The second-order valence-corrected chi connectivity index (χ2v) is 11.4. The largest absolute Gasteiger partial charge is 0.486 e. The van der Waals surface area contributed by atoms with Gasteiger partial charge in [0.05, 0.1) is 13.7 Å². The number of benzene rings is 2. The van der Waals surface area contributed by atoms with E-state index in [2.05, 4.69) is 4.74 Å². The first-order chi connectivity index (χ1) is 20.3. The first-order valence-electron chi connectivity index (χ1n) is 14.6. The summed E-state index contributed by atoms with van der Waals surface area (Å²) in [5.41, 5.74) is -3.38. The zero-order chi connectivity index (χ0) is 29.6. The van der Waals surface area contributed by atoms with Gasteiger partial charge in [0.25, 0.3) is 0 Å². The van der Waals surface area contributed by atoms with Gasteiger partial charge < -0.3 is 28.8 Å². The van der Waals surface area contributed by atoms with Crippen LogP contribution < -0.4 is 18.9 Å². The van der Waals surface area contributed by atoms with E-state index in [0.717, 1.165) is 36.8 Å². The molecule has 2 saturated heterocycles. The van der Waals surface area contributed by atoms with Crippen molar-refractivity contribution < 1.29 is 42.4 Å². The van der Waals surface area contributed by atoms with Gasteiger partial charge >= 0.3 is 5.97 Å². The number of esters is 1. The number of carbonyl (C=O) groups is 1. The fraction of sp³-hybridized carbons (Fsp3) is 0.581. The Balaban J connectivity index is 0.000000169. The van der Waals surface area contributed by atoms with Gasteiger partial charge in [-0.05, 0) is 63.0 Å². The molecule has 0 bridgehead atoms. The number of halogens is 2. The van der Waals surface area contributed by atoms with Crippen molar-refractivity contribution in [3.05, 3.63) is 48.5 Å². The summed E-state index contributed by atoms with van der Waals surface area (Å²) in [6.45, 7) is 3.53. The predicted molar refractivity (Wildman–Crippen MR) is 151 cm³/mol. The minimum atomic E-state index is -1.92. The normalized spacial score (nSPS) is 29.1. The molecule has 4 aliphatic rings. The number of hydrogen-bond acceptors (Lipinski definition) is 9. The molecule has 2 fully saturated rings. The number of carbonyl (C=O) groups excluding carboxylic acids is 1. The van der Waals surface area contributed by atoms with Crippen LogP contribution in [0.15, 0.2) is 48.5 Å². The maximum absolute atomic E-state index is 14.6. The zero-order valence-corrected chi connectivity index (χ0v) is 24.0. The summed E-state index contributed by atoms with van der Waals surface area (Å²) in [5.74, 6) is 2.15. The average molecular weight is 591 g/mol. The van der Waals surface area contributed by atoms with Crippen molar-refractivity contribution in [3.8, 4) is 23.0 Å². The number of nitrogens with zero attached hydrogens (tertiary/aromatic N) is 2.